The third-order valence-corrected chi connectivity index (χ3v) is 4.58. The molecule has 0 amide bonds. The zero-order chi connectivity index (χ0) is 16.1. The summed E-state index contributed by atoms with van der Waals surface area (Å²) in [6.45, 7) is 0.972. The summed E-state index contributed by atoms with van der Waals surface area (Å²) in [5.74, 6) is -0.387. The molecule has 1 aliphatic heterocycles. The van der Waals surface area contributed by atoms with Gasteiger partial charge in [-0.05, 0) is 36.1 Å². The first kappa shape index (κ1) is 15.8. The lowest BCUT2D eigenvalue weighted by atomic mass is 9.86. The van der Waals surface area contributed by atoms with Gasteiger partial charge in [0.05, 0.1) is 13.0 Å². The molecule has 3 heteroatoms. The van der Waals surface area contributed by atoms with Crippen LogP contribution in [0.2, 0.25) is 0 Å². The minimum absolute atomic E-state index is 0.156. The highest BCUT2D eigenvalue weighted by Crippen LogP contribution is 2.28. The van der Waals surface area contributed by atoms with Crippen LogP contribution < -0.4 is 5.32 Å². The lowest BCUT2D eigenvalue weighted by molar-refractivity contribution is -0.143. The van der Waals surface area contributed by atoms with Crippen molar-refractivity contribution in [2.24, 2.45) is 0 Å². The first-order chi connectivity index (χ1) is 11.3. The van der Waals surface area contributed by atoms with Crippen molar-refractivity contribution >= 4 is 5.97 Å². The molecule has 0 saturated carbocycles. The van der Waals surface area contributed by atoms with Crippen LogP contribution >= 0.6 is 0 Å². The Hall–Kier alpha value is -2.13. The van der Waals surface area contributed by atoms with Crippen LogP contribution in [-0.4, -0.2) is 25.7 Å². The number of carbonyl (C=O) groups is 1. The summed E-state index contributed by atoms with van der Waals surface area (Å²) in [5, 5.41) is 3.48. The van der Waals surface area contributed by atoms with Crippen LogP contribution in [0.5, 0.6) is 0 Å². The van der Waals surface area contributed by atoms with E-state index in [1.807, 2.05) is 18.2 Å². The number of hydrogen-bond acceptors (Lipinski definition) is 3. The van der Waals surface area contributed by atoms with Gasteiger partial charge in [0, 0.05) is 6.04 Å². The molecule has 23 heavy (non-hydrogen) atoms. The topological polar surface area (TPSA) is 38.3 Å². The summed E-state index contributed by atoms with van der Waals surface area (Å²) >= 11 is 0. The van der Waals surface area contributed by atoms with Crippen LogP contribution in [0.25, 0.3) is 11.1 Å². The van der Waals surface area contributed by atoms with Gasteiger partial charge in [-0.2, -0.15) is 0 Å². The largest absolute Gasteiger partial charge is 0.469 e. The smallest absolute Gasteiger partial charge is 0.314 e. The SMILES string of the molecule is COC(=O)[C@H](c1ccc(-c2ccccc2)cc1)C1CCCCN1. The van der Waals surface area contributed by atoms with E-state index in [4.69, 9.17) is 4.74 Å². The standard InChI is InChI=1S/C20H23NO2/c1-23-20(22)19(18-9-5-6-14-21-18)17-12-10-16(11-13-17)15-7-3-2-4-8-15/h2-4,7-8,10-13,18-19,21H,5-6,9,14H2,1H3/t18?,19-/m1/s1. The first-order valence-electron chi connectivity index (χ1n) is 8.26. The molecule has 120 valence electrons. The van der Waals surface area contributed by atoms with Gasteiger partial charge >= 0.3 is 5.97 Å². The molecular formula is C20H23NO2. The first-order valence-corrected chi connectivity index (χ1v) is 8.26. The maximum Gasteiger partial charge on any atom is 0.314 e. The van der Waals surface area contributed by atoms with Gasteiger partial charge in [-0.1, -0.05) is 61.0 Å². The molecule has 0 radical (unpaired) electrons. The molecule has 1 saturated heterocycles. The molecule has 3 rings (SSSR count). The Balaban J connectivity index is 1.86. The molecule has 3 nitrogen and oxygen atoms in total. The number of rotatable bonds is 4. The van der Waals surface area contributed by atoms with Gasteiger partial charge in [0.15, 0.2) is 0 Å². The molecule has 0 aromatic heterocycles. The fourth-order valence-corrected chi connectivity index (χ4v) is 3.34. The van der Waals surface area contributed by atoms with E-state index in [2.05, 4.69) is 41.7 Å². The minimum Gasteiger partial charge on any atom is -0.469 e. The van der Waals surface area contributed by atoms with Gasteiger partial charge in [-0.25, -0.2) is 0 Å². The Morgan fingerprint density at radius 3 is 2.35 bits per heavy atom. The molecule has 2 atom stereocenters. The summed E-state index contributed by atoms with van der Waals surface area (Å²) in [4.78, 5) is 12.3. The Kier molecular flexibility index (Phi) is 5.09. The summed E-state index contributed by atoms with van der Waals surface area (Å²) < 4.78 is 5.06. The monoisotopic (exact) mass is 309 g/mol. The van der Waals surface area contributed by atoms with E-state index in [0.717, 1.165) is 30.5 Å². The van der Waals surface area contributed by atoms with Crippen LogP contribution in [0.3, 0.4) is 0 Å². The van der Waals surface area contributed by atoms with E-state index < -0.39 is 0 Å². The lowest BCUT2D eigenvalue weighted by Crippen LogP contribution is -2.42. The lowest BCUT2D eigenvalue weighted by Gasteiger charge is -2.30. The van der Waals surface area contributed by atoms with Gasteiger partial charge in [-0.3, -0.25) is 4.79 Å². The second kappa shape index (κ2) is 7.42. The van der Waals surface area contributed by atoms with Crippen molar-refractivity contribution in [3.8, 4) is 11.1 Å². The zero-order valence-electron chi connectivity index (χ0n) is 13.5. The second-order valence-electron chi connectivity index (χ2n) is 6.05. The van der Waals surface area contributed by atoms with Gasteiger partial charge in [-0.15, -0.1) is 0 Å². The number of piperidine rings is 1. The van der Waals surface area contributed by atoms with E-state index in [0.29, 0.717) is 0 Å². The second-order valence-corrected chi connectivity index (χ2v) is 6.05. The van der Waals surface area contributed by atoms with E-state index in [-0.39, 0.29) is 17.9 Å². The van der Waals surface area contributed by atoms with Crippen LogP contribution in [0.15, 0.2) is 54.6 Å². The molecule has 0 spiro atoms. The Morgan fingerprint density at radius 1 is 1.04 bits per heavy atom. The molecule has 0 aliphatic carbocycles. The summed E-state index contributed by atoms with van der Waals surface area (Å²) in [5.41, 5.74) is 3.37. The van der Waals surface area contributed by atoms with Crippen molar-refractivity contribution in [1.82, 2.24) is 5.32 Å². The van der Waals surface area contributed by atoms with Gasteiger partial charge in [0.1, 0.15) is 0 Å². The molecule has 1 aliphatic rings. The molecule has 1 heterocycles. The molecule has 1 unspecified atom stereocenters. The number of benzene rings is 2. The average molecular weight is 309 g/mol. The highest BCUT2D eigenvalue weighted by atomic mass is 16.5. The summed E-state index contributed by atoms with van der Waals surface area (Å²) in [6.07, 6.45) is 3.35. The summed E-state index contributed by atoms with van der Waals surface area (Å²) in [6, 6.07) is 18.7. The number of methoxy groups -OCH3 is 1. The van der Waals surface area contributed by atoms with Crippen molar-refractivity contribution in [3.63, 3.8) is 0 Å². The molecule has 2 aromatic rings. The third-order valence-electron chi connectivity index (χ3n) is 4.58. The maximum absolute atomic E-state index is 12.3. The van der Waals surface area contributed by atoms with Crippen LogP contribution in [-0.2, 0) is 9.53 Å². The van der Waals surface area contributed by atoms with E-state index in [9.17, 15) is 4.79 Å². The minimum atomic E-state index is -0.231. The summed E-state index contributed by atoms with van der Waals surface area (Å²) in [7, 11) is 1.47. The van der Waals surface area contributed by atoms with Crippen LogP contribution in [0, 0.1) is 0 Å². The Morgan fingerprint density at radius 2 is 1.74 bits per heavy atom. The predicted molar refractivity (Wildman–Crippen MR) is 92.3 cm³/mol. The van der Waals surface area contributed by atoms with Gasteiger partial charge in [0.25, 0.3) is 0 Å². The number of esters is 1. The average Bonchev–Trinajstić information content (AvgIpc) is 2.64. The fourth-order valence-electron chi connectivity index (χ4n) is 3.34. The van der Waals surface area contributed by atoms with E-state index in [1.165, 1.54) is 19.1 Å². The Bertz CT molecular complexity index is 630. The zero-order valence-corrected chi connectivity index (χ0v) is 13.5. The number of ether oxygens (including phenoxy) is 1. The number of nitrogens with one attached hydrogen (secondary N) is 1. The molecule has 2 aromatic carbocycles. The van der Waals surface area contributed by atoms with Gasteiger partial charge < -0.3 is 10.1 Å². The third kappa shape index (κ3) is 3.62. The van der Waals surface area contributed by atoms with Crippen molar-refractivity contribution in [3.05, 3.63) is 60.2 Å². The Labute approximate surface area is 137 Å². The molecular weight excluding hydrogens is 286 g/mol. The van der Waals surface area contributed by atoms with Crippen LogP contribution in [0.1, 0.15) is 30.7 Å². The quantitative estimate of drug-likeness (QED) is 0.874. The van der Waals surface area contributed by atoms with Crippen molar-refractivity contribution in [2.75, 3.05) is 13.7 Å². The normalized spacial score (nSPS) is 19.1. The van der Waals surface area contributed by atoms with Crippen molar-refractivity contribution in [2.45, 2.75) is 31.2 Å². The number of carbonyl (C=O) groups excluding carboxylic acids is 1. The van der Waals surface area contributed by atoms with Gasteiger partial charge in [0.2, 0.25) is 0 Å². The van der Waals surface area contributed by atoms with Crippen LogP contribution in [0.4, 0.5) is 0 Å². The van der Waals surface area contributed by atoms with E-state index in [1.54, 1.807) is 0 Å². The predicted octanol–water partition coefficient (Wildman–Crippen LogP) is 3.75. The molecule has 1 fully saturated rings. The molecule has 0 bridgehead atoms. The molecule has 1 N–H and O–H groups in total. The number of hydrogen-bond donors (Lipinski definition) is 1. The maximum atomic E-state index is 12.3. The highest BCUT2D eigenvalue weighted by Gasteiger charge is 2.31. The van der Waals surface area contributed by atoms with Crippen molar-refractivity contribution < 1.29 is 9.53 Å². The van der Waals surface area contributed by atoms with E-state index >= 15 is 0 Å². The fraction of sp³-hybridized carbons (Fsp3) is 0.350. The van der Waals surface area contributed by atoms with Crippen molar-refractivity contribution in [1.29, 1.82) is 0 Å². The highest BCUT2D eigenvalue weighted by molar-refractivity contribution is 5.79.